The fourth-order valence-corrected chi connectivity index (χ4v) is 3.67. The fraction of sp³-hybridized carbons (Fsp3) is 0.259. The zero-order valence-corrected chi connectivity index (χ0v) is 18.0. The van der Waals surface area contributed by atoms with E-state index in [9.17, 15) is 0 Å². The highest BCUT2D eigenvalue weighted by Gasteiger charge is 2.14. The second-order valence-corrected chi connectivity index (χ2v) is 8.11. The third kappa shape index (κ3) is 4.74. The zero-order valence-electron chi connectivity index (χ0n) is 18.0. The molecule has 0 saturated carbocycles. The van der Waals surface area contributed by atoms with E-state index < -0.39 is 0 Å². The molecule has 0 spiro atoms. The van der Waals surface area contributed by atoms with Crippen molar-refractivity contribution in [1.29, 1.82) is 0 Å². The Morgan fingerprint density at radius 3 is 2.20 bits per heavy atom. The molecule has 154 valence electrons. The van der Waals surface area contributed by atoms with Crippen molar-refractivity contribution in [3.05, 3.63) is 102 Å². The molecule has 1 aliphatic carbocycles. The Bertz CT molecular complexity index is 992. The average Bonchev–Trinajstić information content (AvgIpc) is 2.80. The van der Waals surface area contributed by atoms with E-state index in [0.29, 0.717) is 6.04 Å². The summed E-state index contributed by atoms with van der Waals surface area (Å²) in [5, 5.41) is 0. The summed E-state index contributed by atoms with van der Waals surface area (Å²) in [7, 11) is 4.21. The molecule has 1 unspecified atom stereocenters. The van der Waals surface area contributed by atoms with Crippen LogP contribution in [0.1, 0.15) is 43.4 Å². The van der Waals surface area contributed by atoms with Gasteiger partial charge in [-0.25, -0.2) is 0 Å². The highest BCUT2D eigenvalue weighted by Crippen LogP contribution is 2.30. The average molecular weight is 400 g/mol. The predicted octanol–water partition coefficient (Wildman–Crippen LogP) is 6.83. The van der Waals surface area contributed by atoms with E-state index >= 15 is 0 Å². The lowest BCUT2D eigenvalue weighted by Gasteiger charge is -2.20. The first kappa shape index (κ1) is 20.2. The SMILES string of the molecule is CC(c1ccc(-c2ccc(C3=COC=C(CC4=CC=CCC4)O3)cc2)cc1)N(C)C. The Hall–Kier alpha value is -3.04. The third-order valence-corrected chi connectivity index (χ3v) is 5.79. The van der Waals surface area contributed by atoms with Crippen LogP contribution in [0.15, 0.2) is 90.6 Å². The van der Waals surface area contributed by atoms with Crippen LogP contribution in [0.5, 0.6) is 0 Å². The molecule has 0 saturated heterocycles. The molecule has 0 N–H and O–H groups in total. The minimum atomic E-state index is 0.402. The maximum absolute atomic E-state index is 6.11. The number of ether oxygens (including phenoxy) is 2. The monoisotopic (exact) mass is 399 g/mol. The van der Waals surface area contributed by atoms with E-state index in [1.54, 1.807) is 12.5 Å². The number of allylic oxidation sites excluding steroid dienone is 4. The quantitative estimate of drug-likeness (QED) is 0.531. The van der Waals surface area contributed by atoms with Gasteiger partial charge in [0.2, 0.25) is 0 Å². The van der Waals surface area contributed by atoms with E-state index in [2.05, 4.69) is 92.7 Å². The predicted molar refractivity (Wildman–Crippen MR) is 123 cm³/mol. The Kier molecular flexibility index (Phi) is 6.20. The van der Waals surface area contributed by atoms with Crippen LogP contribution in [-0.4, -0.2) is 19.0 Å². The van der Waals surface area contributed by atoms with Crippen LogP contribution in [0.3, 0.4) is 0 Å². The molecule has 1 atom stereocenters. The molecule has 0 radical (unpaired) electrons. The number of benzene rings is 2. The number of hydrogen-bond acceptors (Lipinski definition) is 3. The summed E-state index contributed by atoms with van der Waals surface area (Å²) < 4.78 is 11.7. The molecular weight excluding hydrogens is 370 g/mol. The van der Waals surface area contributed by atoms with Gasteiger partial charge in [-0.3, -0.25) is 0 Å². The first-order valence-electron chi connectivity index (χ1n) is 10.5. The van der Waals surface area contributed by atoms with Gasteiger partial charge in [0.1, 0.15) is 18.3 Å². The normalized spacial score (nSPS) is 16.9. The Labute approximate surface area is 179 Å². The Morgan fingerprint density at radius 1 is 0.900 bits per heavy atom. The summed E-state index contributed by atoms with van der Waals surface area (Å²) in [5.74, 6) is 1.60. The van der Waals surface area contributed by atoms with Crippen molar-refractivity contribution in [3.63, 3.8) is 0 Å². The number of rotatable bonds is 6. The smallest absolute Gasteiger partial charge is 0.169 e. The minimum absolute atomic E-state index is 0.402. The van der Waals surface area contributed by atoms with E-state index in [1.165, 1.54) is 22.3 Å². The van der Waals surface area contributed by atoms with Gasteiger partial charge in [0.25, 0.3) is 0 Å². The highest BCUT2D eigenvalue weighted by atomic mass is 16.5. The van der Waals surface area contributed by atoms with Gasteiger partial charge >= 0.3 is 0 Å². The Balaban J connectivity index is 1.43. The molecule has 2 aromatic rings. The van der Waals surface area contributed by atoms with Crippen LogP contribution < -0.4 is 0 Å². The molecule has 0 bridgehead atoms. The summed E-state index contributed by atoms with van der Waals surface area (Å²) >= 11 is 0. The van der Waals surface area contributed by atoms with Gasteiger partial charge in [-0.1, -0.05) is 72.3 Å². The molecular formula is C27H29NO2. The van der Waals surface area contributed by atoms with E-state index in [1.807, 2.05) is 0 Å². The maximum atomic E-state index is 6.11. The molecule has 4 rings (SSSR count). The fourth-order valence-electron chi connectivity index (χ4n) is 3.67. The lowest BCUT2D eigenvalue weighted by Crippen LogP contribution is -2.16. The minimum Gasteiger partial charge on any atom is -0.465 e. The van der Waals surface area contributed by atoms with Crippen LogP contribution in [0.25, 0.3) is 16.9 Å². The summed E-state index contributed by atoms with van der Waals surface area (Å²) in [6.07, 6.45) is 12.8. The molecule has 3 heteroatoms. The first-order valence-corrected chi connectivity index (χ1v) is 10.5. The standard InChI is InChI=1S/C27H29NO2/c1-20(28(2)3)22-9-11-23(12-10-22)24-13-15-25(16-14-24)27-19-29-18-26(30-27)17-21-7-5-4-6-8-21/h4-5,7,9-16,18-20H,6,8,17H2,1-3H3. The molecule has 1 aliphatic heterocycles. The molecule has 2 aromatic carbocycles. The van der Waals surface area contributed by atoms with Gasteiger partial charge in [0.05, 0.1) is 0 Å². The van der Waals surface area contributed by atoms with E-state index in [-0.39, 0.29) is 0 Å². The molecule has 0 fully saturated rings. The summed E-state index contributed by atoms with van der Waals surface area (Å²) in [6, 6.07) is 17.7. The van der Waals surface area contributed by atoms with Gasteiger partial charge in [-0.05, 0) is 50.6 Å². The summed E-state index contributed by atoms with van der Waals surface area (Å²) in [6.45, 7) is 2.22. The summed E-state index contributed by atoms with van der Waals surface area (Å²) in [5.41, 5.74) is 6.11. The lowest BCUT2D eigenvalue weighted by atomic mass is 9.99. The highest BCUT2D eigenvalue weighted by molar-refractivity contribution is 5.68. The molecule has 0 amide bonds. The van der Waals surface area contributed by atoms with Gasteiger partial charge in [-0.2, -0.15) is 0 Å². The van der Waals surface area contributed by atoms with E-state index in [0.717, 1.165) is 36.3 Å². The van der Waals surface area contributed by atoms with Crippen molar-refractivity contribution < 1.29 is 9.47 Å². The zero-order chi connectivity index (χ0) is 20.9. The van der Waals surface area contributed by atoms with Crippen molar-refractivity contribution in [2.24, 2.45) is 0 Å². The number of hydrogen-bond donors (Lipinski definition) is 0. The lowest BCUT2D eigenvalue weighted by molar-refractivity contribution is 0.273. The molecule has 30 heavy (non-hydrogen) atoms. The van der Waals surface area contributed by atoms with Gasteiger partial charge < -0.3 is 14.4 Å². The van der Waals surface area contributed by atoms with Crippen molar-refractivity contribution in [2.45, 2.75) is 32.2 Å². The Morgan fingerprint density at radius 2 is 1.57 bits per heavy atom. The van der Waals surface area contributed by atoms with Crippen LogP contribution >= 0.6 is 0 Å². The van der Waals surface area contributed by atoms with Gasteiger partial charge in [0.15, 0.2) is 5.76 Å². The van der Waals surface area contributed by atoms with Crippen LogP contribution in [0.2, 0.25) is 0 Å². The summed E-state index contributed by atoms with van der Waals surface area (Å²) in [4.78, 5) is 2.22. The van der Waals surface area contributed by atoms with Crippen LogP contribution in [-0.2, 0) is 9.47 Å². The first-order chi connectivity index (χ1) is 14.6. The largest absolute Gasteiger partial charge is 0.465 e. The molecule has 2 aliphatic rings. The second-order valence-electron chi connectivity index (χ2n) is 8.11. The maximum Gasteiger partial charge on any atom is 0.169 e. The molecule has 1 heterocycles. The van der Waals surface area contributed by atoms with Crippen molar-refractivity contribution >= 4 is 5.76 Å². The number of nitrogens with zero attached hydrogens (tertiary/aromatic N) is 1. The topological polar surface area (TPSA) is 21.7 Å². The van der Waals surface area contributed by atoms with Gasteiger partial charge in [-0.15, -0.1) is 0 Å². The molecule has 0 aromatic heterocycles. The van der Waals surface area contributed by atoms with Crippen molar-refractivity contribution in [3.8, 4) is 11.1 Å². The third-order valence-electron chi connectivity index (χ3n) is 5.79. The van der Waals surface area contributed by atoms with Crippen LogP contribution in [0.4, 0.5) is 0 Å². The second kappa shape index (κ2) is 9.19. The van der Waals surface area contributed by atoms with Crippen LogP contribution in [0, 0.1) is 0 Å². The van der Waals surface area contributed by atoms with Crippen molar-refractivity contribution in [1.82, 2.24) is 4.90 Å². The van der Waals surface area contributed by atoms with Crippen molar-refractivity contribution in [2.75, 3.05) is 14.1 Å². The molecule has 3 nitrogen and oxygen atoms in total. The van der Waals surface area contributed by atoms with Gasteiger partial charge in [0, 0.05) is 18.0 Å². The van der Waals surface area contributed by atoms with E-state index in [4.69, 9.17) is 9.47 Å².